The van der Waals surface area contributed by atoms with Crippen LogP contribution in [0.4, 0.5) is 5.69 Å². The lowest BCUT2D eigenvalue weighted by molar-refractivity contribution is 0.0717. The van der Waals surface area contributed by atoms with Gasteiger partial charge in [-0.1, -0.05) is 6.07 Å². The Hall–Kier alpha value is -1.16. The zero-order chi connectivity index (χ0) is 13.1. The van der Waals surface area contributed by atoms with Crippen LogP contribution in [-0.2, 0) is 0 Å². The first-order valence-electron chi connectivity index (χ1n) is 6.30. The molecule has 0 aliphatic carbocycles. The van der Waals surface area contributed by atoms with E-state index in [0.717, 1.165) is 34.9 Å². The molecular weight excluding hydrogens is 244 g/mol. The molecule has 1 aliphatic heterocycles. The van der Waals surface area contributed by atoms with E-state index in [-0.39, 0.29) is 5.91 Å². The van der Waals surface area contributed by atoms with Crippen LogP contribution in [0.1, 0.15) is 22.8 Å². The Balaban J connectivity index is 2.27. The smallest absolute Gasteiger partial charge is 0.256 e. The highest BCUT2D eigenvalue weighted by atomic mass is 32.2. The van der Waals surface area contributed by atoms with Gasteiger partial charge in [0.2, 0.25) is 0 Å². The number of amides is 1. The normalized spacial score (nSPS) is 19.7. The zero-order valence-electron chi connectivity index (χ0n) is 11.2. The van der Waals surface area contributed by atoms with Crippen molar-refractivity contribution < 1.29 is 4.79 Å². The topological polar surface area (TPSA) is 32.3 Å². The molecule has 1 aromatic rings. The number of nitrogens with one attached hydrogen (secondary N) is 1. The number of benzene rings is 1. The standard InChI is InChI=1S/C14H20N2OS/c1-10-4-5-12(13(8-10)15-3)14(17)16-6-7-18-9-11(16)2/h4-5,8,11,15H,6-7,9H2,1-3H3. The van der Waals surface area contributed by atoms with E-state index in [0.29, 0.717) is 6.04 Å². The monoisotopic (exact) mass is 264 g/mol. The molecule has 0 bridgehead atoms. The summed E-state index contributed by atoms with van der Waals surface area (Å²) in [6.45, 7) is 5.01. The van der Waals surface area contributed by atoms with Gasteiger partial charge in [-0.2, -0.15) is 11.8 Å². The van der Waals surface area contributed by atoms with Gasteiger partial charge in [-0.15, -0.1) is 0 Å². The van der Waals surface area contributed by atoms with Crippen LogP contribution in [0.5, 0.6) is 0 Å². The highest BCUT2D eigenvalue weighted by Crippen LogP contribution is 2.23. The maximum atomic E-state index is 12.6. The molecule has 1 fully saturated rings. The molecule has 1 N–H and O–H groups in total. The number of anilines is 1. The number of carbonyl (C=O) groups is 1. The highest BCUT2D eigenvalue weighted by molar-refractivity contribution is 7.99. The second-order valence-corrected chi connectivity index (χ2v) is 5.87. The lowest BCUT2D eigenvalue weighted by atomic mass is 10.1. The van der Waals surface area contributed by atoms with Gasteiger partial charge in [0.05, 0.1) is 5.56 Å². The molecule has 1 heterocycles. The van der Waals surface area contributed by atoms with E-state index >= 15 is 0 Å². The summed E-state index contributed by atoms with van der Waals surface area (Å²) >= 11 is 1.92. The third kappa shape index (κ3) is 2.64. The molecule has 0 saturated carbocycles. The SMILES string of the molecule is CNc1cc(C)ccc1C(=O)N1CCSCC1C. The van der Waals surface area contributed by atoms with Crippen molar-refractivity contribution in [2.24, 2.45) is 0 Å². The number of rotatable bonds is 2. The molecule has 1 aliphatic rings. The molecule has 1 atom stereocenters. The van der Waals surface area contributed by atoms with Crippen LogP contribution in [0.2, 0.25) is 0 Å². The van der Waals surface area contributed by atoms with Crippen molar-refractivity contribution in [1.82, 2.24) is 4.90 Å². The number of thioether (sulfide) groups is 1. The minimum absolute atomic E-state index is 0.146. The van der Waals surface area contributed by atoms with E-state index in [9.17, 15) is 4.79 Å². The molecule has 3 nitrogen and oxygen atoms in total. The Labute approximate surface area is 113 Å². The molecule has 1 aromatic carbocycles. The summed E-state index contributed by atoms with van der Waals surface area (Å²) in [6, 6.07) is 6.27. The van der Waals surface area contributed by atoms with Gasteiger partial charge in [0.15, 0.2) is 0 Å². The molecule has 18 heavy (non-hydrogen) atoms. The van der Waals surface area contributed by atoms with Crippen LogP contribution in [0.25, 0.3) is 0 Å². The largest absolute Gasteiger partial charge is 0.387 e. The molecule has 0 aromatic heterocycles. The predicted molar refractivity (Wildman–Crippen MR) is 78.5 cm³/mol. The third-order valence-electron chi connectivity index (χ3n) is 3.30. The zero-order valence-corrected chi connectivity index (χ0v) is 12.0. The third-order valence-corrected chi connectivity index (χ3v) is 4.49. The lowest BCUT2D eigenvalue weighted by Crippen LogP contribution is -2.44. The van der Waals surface area contributed by atoms with E-state index in [1.165, 1.54) is 0 Å². The number of nitrogens with zero attached hydrogens (tertiary/aromatic N) is 1. The van der Waals surface area contributed by atoms with Crippen molar-refractivity contribution >= 4 is 23.4 Å². The van der Waals surface area contributed by atoms with Gasteiger partial charge in [-0.05, 0) is 31.5 Å². The van der Waals surface area contributed by atoms with Gasteiger partial charge in [0.25, 0.3) is 5.91 Å². The molecule has 4 heteroatoms. The molecule has 1 unspecified atom stereocenters. The Kier molecular flexibility index (Phi) is 4.17. The summed E-state index contributed by atoms with van der Waals surface area (Å²) in [6.07, 6.45) is 0. The second-order valence-electron chi connectivity index (χ2n) is 4.72. The van der Waals surface area contributed by atoms with E-state index in [1.54, 1.807) is 0 Å². The van der Waals surface area contributed by atoms with Crippen LogP contribution in [0, 0.1) is 6.92 Å². The Morgan fingerprint density at radius 2 is 2.28 bits per heavy atom. The Morgan fingerprint density at radius 3 is 2.94 bits per heavy atom. The molecule has 0 spiro atoms. The lowest BCUT2D eigenvalue weighted by Gasteiger charge is -2.33. The average molecular weight is 264 g/mol. The van der Waals surface area contributed by atoms with Crippen molar-refractivity contribution in [3.8, 4) is 0 Å². The highest BCUT2D eigenvalue weighted by Gasteiger charge is 2.25. The number of hydrogen-bond acceptors (Lipinski definition) is 3. The summed E-state index contributed by atoms with van der Waals surface area (Å²) in [5, 5.41) is 3.12. The fourth-order valence-corrected chi connectivity index (χ4v) is 3.25. The van der Waals surface area contributed by atoms with Gasteiger partial charge in [0.1, 0.15) is 0 Å². The summed E-state index contributed by atoms with van der Waals surface area (Å²) in [5.74, 6) is 2.22. The maximum absolute atomic E-state index is 12.6. The molecular formula is C14H20N2OS. The minimum atomic E-state index is 0.146. The first-order chi connectivity index (χ1) is 8.63. The van der Waals surface area contributed by atoms with Gasteiger partial charge < -0.3 is 10.2 Å². The summed E-state index contributed by atoms with van der Waals surface area (Å²) in [7, 11) is 1.86. The van der Waals surface area contributed by atoms with Crippen molar-refractivity contribution in [2.45, 2.75) is 19.9 Å². The fourth-order valence-electron chi connectivity index (χ4n) is 2.23. The number of aryl methyl sites for hydroxylation is 1. The quantitative estimate of drug-likeness (QED) is 0.891. The molecule has 1 amide bonds. The van der Waals surface area contributed by atoms with E-state index in [4.69, 9.17) is 0 Å². The first-order valence-corrected chi connectivity index (χ1v) is 7.46. The van der Waals surface area contributed by atoms with Gasteiger partial charge in [0, 0.05) is 36.8 Å². The maximum Gasteiger partial charge on any atom is 0.256 e. The summed E-state index contributed by atoms with van der Waals surface area (Å²) < 4.78 is 0. The molecule has 98 valence electrons. The molecule has 2 rings (SSSR count). The summed E-state index contributed by atoms with van der Waals surface area (Å²) in [4.78, 5) is 14.6. The van der Waals surface area contributed by atoms with Crippen LogP contribution < -0.4 is 5.32 Å². The van der Waals surface area contributed by atoms with Crippen LogP contribution in [-0.4, -0.2) is 41.9 Å². The second kappa shape index (κ2) is 5.65. The van der Waals surface area contributed by atoms with Crippen molar-refractivity contribution in [1.29, 1.82) is 0 Å². The van der Waals surface area contributed by atoms with Crippen LogP contribution in [0.3, 0.4) is 0 Å². The van der Waals surface area contributed by atoms with Crippen LogP contribution in [0.15, 0.2) is 18.2 Å². The van der Waals surface area contributed by atoms with Crippen molar-refractivity contribution in [2.75, 3.05) is 30.4 Å². The van der Waals surface area contributed by atoms with Crippen LogP contribution >= 0.6 is 11.8 Å². The van der Waals surface area contributed by atoms with E-state index < -0.39 is 0 Å². The van der Waals surface area contributed by atoms with E-state index in [2.05, 4.69) is 12.2 Å². The van der Waals surface area contributed by atoms with Gasteiger partial charge in [-0.25, -0.2) is 0 Å². The molecule has 0 radical (unpaired) electrons. The predicted octanol–water partition coefficient (Wildman–Crippen LogP) is 2.61. The van der Waals surface area contributed by atoms with E-state index in [1.807, 2.05) is 48.8 Å². The van der Waals surface area contributed by atoms with Crippen molar-refractivity contribution in [3.63, 3.8) is 0 Å². The van der Waals surface area contributed by atoms with Gasteiger partial charge >= 0.3 is 0 Å². The fraction of sp³-hybridized carbons (Fsp3) is 0.500. The van der Waals surface area contributed by atoms with Crippen molar-refractivity contribution in [3.05, 3.63) is 29.3 Å². The Bertz CT molecular complexity index is 447. The first kappa shape index (κ1) is 13.3. The number of carbonyl (C=O) groups excluding carboxylic acids is 1. The Morgan fingerprint density at radius 1 is 1.50 bits per heavy atom. The number of hydrogen-bond donors (Lipinski definition) is 1. The minimum Gasteiger partial charge on any atom is -0.387 e. The summed E-state index contributed by atoms with van der Waals surface area (Å²) in [5.41, 5.74) is 2.87. The van der Waals surface area contributed by atoms with Gasteiger partial charge in [-0.3, -0.25) is 4.79 Å². The molecule has 1 saturated heterocycles. The average Bonchev–Trinajstić information content (AvgIpc) is 2.38.